The Balaban J connectivity index is 2.45. The van der Waals surface area contributed by atoms with Crippen molar-refractivity contribution in [3.8, 4) is 5.69 Å². The van der Waals surface area contributed by atoms with E-state index < -0.39 is 16.9 Å². The van der Waals surface area contributed by atoms with Crippen LogP contribution < -0.4 is 11.1 Å². The molecule has 1 N–H and O–H groups in total. The van der Waals surface area contributed by atoms with E-state index in [9.17, 15) is 14.0 Å². The third-order valence-corrected chi connectivity index (χ3v) is 2.77. The monoisotopic (exact) mass is 257 g/mol. The van der Waals surface area contributed by atoms with Crippen LogP contribution in [0.2, 0.25) is 0 Å². The summed E-state index contributed by atoms with van der Waals surface area (Å²) < 4.78 is 14.1. The molecule has 0 bridgehead atoms. The first-order valence-corrected chi connectivity index (χ1v) is 5.52. The summed E-state index contributed by atoms with van der Waals surface area (Å²) in [7, 11) is 0. The number of benzene rings is 1. The third-order valence-electron chi connectivity index (χ3n) is 2.77. The predicted molar refractivity (Wildman–Crippen MR) is 67.9 cm³/mol. The third kappa shape index (κ3) is 1.83. The van der Waals surface area contributed by atoms with Gasteiger partial charge in [-0.05, 0) is 30.3 Å². The normalized spacial score (nSPS) is 10.8. The van der Waals surface area contributed by atoms with Gasteiger partial charge >= 0.3 is 11.1 Å². The quantitative estimate of drug-likeness (QED) is 0.666. The van der Waals surface area contributed by atoms with Crippen molar-refractivity contribution in [1.82, 2.24) is 14.5 Å². The fourth-order valence-electron chi connectivity index (χ4n) is 1.90. The van der Waals surface area contributed by atoms with Gasteiger partial charge in [-0.15, -0.1) is 0 Å². The Morgan fingerprint density at radius 2 is 1.84 bits per heavy atom. The van der Waals surface area contributed by atoms with Crippen molar-refractivity contribution in [2.45, 2.75) is 0 Å². The van der Waals surface area contributed by atoms with Crippen molar-refractivity contribution < 1.29 is 4.39 Å². The minimum absolute atomic E-state index is 0.413. The second-order valence-electron chi connectivity index (χ2n) is 3.96. The van der Waals surface area contributed by atoms with Gasteiger partial charge in [0.05, 0.1) is 17.2 Å². The highest BCUT2D eigenvalue weighted by Gasteiger charge is 2.09. The number of fused-ring (bicyclic) bond motifs is 1. The van der Waals surface area contributed by atoms with Gasteiger partial charge in [0.25, 0.3) is 0 Å². The van der Waals surface area contributed by atoms with Gasteiger partial charge in [0.2, 0.25) is 0 Å². The molecule has 0 saturated heterocycles. The van der Waals surface area contributed by atoms with Gasteiger partial charge in [-0.25, -0.2) is 4.39 Å². The van der Waals surface area contributed by atoms with Crippen molar-refractivity contribution >= 4 is 11.0 Å². The Kier molecular flexibility index (Phi) is 2.49. The van der Waals surface area contributed by atoms with Crippen LogP contribution in [0.5, 0.6) is 0 Å². The highest BCUT2D eigenvalue weighted by Crippen LogP contribution is 2.12. The molecule has 0 saturated carbocycles. The Morgan fingerprint density at radius 1 is 1.11 bits per heavy atom. The molecule has 1 aromatic carbocycles. The van der Waals surface area contributed by atoms with E-state index in [4.69, 9.17) is 0 Å². The van der Waals surface area contributed by atoms with Crippen LogP contribution in [-0.2, 0) is 0 Å². The number of aromatic amines is 1. The molecule has 0 aliphatic rings. The van der Waals surface area contributed by atoms with Crippen molar-refractivity contribution in [2.75, 3.05) is 0 Å². The zero-order chi connectivity index (χ0) is 13.4. The molecule has 0 atom stereocenters. The molecule has 0 aliphatic carbocycles. The van der Waals surface area contributed by atoms with Crippen molar-refractivity contribution in [3.63, 3.8) is 0 Å². The number of rotatable bonds is 1. The first-order valence-electron chi connectivity index (χ1n) is 5.52. The number of aromatic nitrogens is 3. The smallest absolute Gasteiger partial charge is 0.316 e. The van der Waals surface area contributed by atoms with Crippen molar-refractivity contribution in [2.24, 2.45) is 0 Å². The highest BCUT2D eigenvalue weighted by molar-refractivity contribution is 5.74. The molecule has 3 rings (SSSR count). The Morgan fingerprint density at radius 3 is 2.58 bits per heavy atom. The molecule has 6 heteroatoms. The Labute approximate surface area is 106 Å². The lowest BCUT2D eigenvalue weighted by Crippen LogP contribution is -2.35. The van der Waals surface area contributed by atoms with E-state index in [1.165, 1.54) is 41.2 Å². The molecular weight excluding hydrogens is 249 g/mol. The lowest BCUT2D eigenvalue weighted by Gasteiger charge is -2.08. The number of hydrogen-bond donors (Lipinski definition) is 1. The molecule has 2 heterocycles. The van der Waals surface area contributed by atoms with Crippen LogP contribution in [0.3, 0.4) is 0 Å². The van der Waals surface area contributed by atoms with E-state index in [-0.39, 0.29) is 0 Å². The molecule has 0 fully saturated rings. The average Bonchev–Trinajstić information content (AvgIpc) is 2.42. The highest BCUT2D eigenvalue weighted by atomic mass is 19.1. The summed E-state index contributed by atoms with van der Waals surface area (Å²) in [5.74, 6) is -0.413. The Bertz CT molecular complexity index is 865. The maximum atomic E-state index is 12.9. The lowest BCUT2D eigenvalue weighted by atomic mass is 10.3. The first kappa shape index (κ1) is 11.3. The van der Waals surface area contributed by atoms with Gasteiger partial charge in [-0.1, -0.05) is 0 Å². The molecular formula is C13H8FN3O2. The minimum Gasteiger partial charge on any atom is -0.316 e. The first-order chi connectivity index (χ1) is 9.16. The fraction of sp³-hybridized carbons (Fsp3) is 0. The minimum atomic E-state index is -0.733. The van der Waals surface area contributed by atoms with Crippen LogP contribution in [0, 0.1) is 5.82 Å². The second-order valence-corrected chi connectivity index (χ2v) is 3.96. The molecule has 5 nitrogen and oxygen atoms in total. The summed E-state index contributed by atoms with van der Waals surface area (Å²) in [5, 5.41) is 0. The van der Waals surface area contributed by atoms with Crippen LogP contribution in [-0.4, -0.2) is 14.5 Å². The second kappa shape index (κ2) is 4.16. The maximum Gasteiger partial charge on any atom is 0.321 e. The number of H-pyrrole nitrogens is 1. The molecule has 0 amide bonds. The van der Waals surface area contributed by atoms with Gasteiger partial charge in [-0.3, -0.25) is 19.1 Å². The maximum absolute atomic E-state index is 12.9. The van der Waals surface area contributed by atoms with Gasteiger partial charge < -0.3 is 4.98 Å². The zero-order valence-corrected chi connectivity index (χ0v) is 9.63. The average molecular weight is 257 g/mol. The van der Waals surface area contributed by atoms with E-state index in [1.54, 1.807) is 6.07 Å². The summed E-state index contributed by atoms with van der Waals surface area (Å²) >= 11 is 0. The van der Waals surface area contributed by atoms with Crippen LogP contribution in [0.4, 0.5) is 4.39 Å². The van der Waals surface area contributed by atoms with Gasteiger partial charge in [0, 0.05) is 11.9 Å². The predicted octanol–water partition coefficient (Wildman–Crippen LogP) is 1.21. The summed E-state index contributed by atoms with van der Waals surface area (Å²) in [4.78, 5) is 30.0. The van der Waals surface area contributed by atoms with Crippen LogP contribution in [0.25, 0.3) is 16.7 Å². The molecule has 94 valence electrons. The van der Waals surface area contributed by atoms with Crippen LogP contribution in [0.1, 0.15) is 0 Å². The number of pyridine rings is 1. The summed E-state index contributed by atoms with van der Waals surface area (Å²) in [6.45, 7) is 0. The van der Waals surface area contributed by atoms with E-state index in [0.29, 0.717) is 16.7 Å². The van der Waals surface area contributed by atoms with Crippen LogP contribution in [0.15, 0.2) is 52.3 Å². The van der Waals surface area contributed by atoms with E-state index >= 15 is 0 Å². The molecule has 19 heavy (non-hydrogen) atoms. The Hall–Kier alpha value is -2.76. The number of halogens is 1. The van der Waals surface area contributed by atoms with Crippen molar-refractivity contribution in [3.05, 3.63) is 69.3 Å². The lowest BCUT2D eigenvalue weighted by molar-refractivity contribution is 0.627. The molecule has 3 aromatic rings. The molecule has 0 radical (unpaired) electrons. The standard InChI is InChI=1S/C13H8FN3O2/c14-8-1-3-9(4-2-8)17-11-7-15-6-5-10(11)16-12(18)13(17)19/h1-7H,(H,16,18). The van der Waals surface area contributed by atoms with Gasteiger partial charge in [-0.2, -0.15) is 0 Å². The number of nitrogens with zero attached hydrogens (tertiary/aromatic N) is 2. The summed E-state index contributed by atoms with van der Waals surface area (Å²) in [5.41, 5.74) is -0.103. The SMILES string of the molecule is O=c1[nH]c2ccncc2n(-c2ccc(F)cc2)c1=O. The summed E-state index contributed by atoms with van der Waals surface area (Å²) in [6, 6.07) is 6.91. The fourth-order valence-corrected chi connectivity index (χ4v) is 1.90. The molecule has 0 unspecified atom stereocenters. The van der Waals surface area contributed by atoms with Crippen LogP contribution >= 0.6 is 0 Å². The van der Waals surface area contributed by atoms with Gasteiger partial charge in [0.15, 0.2) is 0 Å². The zero-order valence-electron chi connectivity index (χ0n) is 9.63. The summed E-state index contributed by atoms with van der Waals surface area (Å²) in [6.07, 6.45) is 2.98. The number of nitrogens with one attached hydrogen (secondary N) is 1. The van der Waals surface area contributed by atoms with Gasteiger partial charge in [0.1, 0.15) is 5.82 Å². The molecule has 0 spiro atoms. The van der Waals surface area contributed by atoms with E-state index in [1.807, 2.05) is 0 Å². The molecule has 2 aromatic heterocycles. The van der Waals surface area contributed by atoms with Crippen molar-refractivity contribution in [1.29, 1.82) is 0 Å². The largest absolute Gasteiger partial charge is 0.321 e. The molecule has 0 aliphatic heterocycles. The number of hydrogen-bond acceptors (Lipinski definition) is 3. The van der Waals surface area contributed by atoms with E-state index in [2.05, 4.69) is 9.97 Å². The van der Waals surface area contributed by atoms with E-state index in [0.717, 1.165) is 0 Å². The topological polar surface area (TPSA) is 67.8 Å².